The molecule has 1 amide bonds. The minimum absolute atomic E-state index is 0.0113. The summed E-state index contributed by atoms with van der Waals surface area (Å²) in [6.45, 7) is 5.96. The summed E-state index contributed by atoms with van der Waals surface area (Å²) < 4.78 is 7.33. The molecule has 0 fully saturated rings. The zero-order valence-electron chi connectivity index (χ0n) is 17.6. The van der Waals surface area contributed by atoms with Crippen LogP contribution in [0.5, 0.6) is 5.75 Å². The quantitative estimate of drug-likeness (QED) is 0.525. The average molecular weight is 403 g/mol. The molecule has 0 radical (unpaired) electrons. The fraction of sp³-hybridized carbons (Fsp3) is 0.261. The summed E-state index contributed by atoms with van der Waals surface area (Å²) in [7, 11) is 1.60. The minimum Gasteiger partial charge on any atom is -0.495 e. The van der Waals surface area contributed by atoms with Gasteiger partial charge in [0.25, 0.3) is 5.91 Å². The van der Waals surface area contributed by atoms with Crippen LogP contribution in [0.3, 0.4) is 0 Å². The van der Waals surface area contributed by atoms with Crippen molar-refractivity contribution < 1.29 is 9.53 Å². The normalized spacial score (nSPS) is 12.3. The molecule has 154 valence electrons. The van der Waals surface area contributed by atoms with Gasteiger partial charge in [0, 0.05) is 6.04 Å². The summed E-state index contributed by atoms with van der Waals surface area (Å²) in [5, 5.41) is 3.00. The van der Waals surface area contributed by atoms with Crippen molar-refractivity contribution in [1.82, 2.24) is 19.9 Å². The molecule has 3 N–H and O–H groups in total. The lowest BCUT2D eigenvalue weighted by atomic mass is 10.2. The van der Waals surface area contributed by atoms with E-state index in [0.717, 1.165) is 17.5 Å². The maximum Gasteiger partial charge on any atom is 0.257 e. The van der Waals surface area contributed by atoms with Gasteiger partial charge in [0.2, 0.25) is 0 Å². The van der Waals surface area contributed by atoms with Gasteiger partial charge in [-0.3, -0.25) is 9.36 Å². The molecule has 0 saturated carbocycles. The van der Waals surface area contributed by atoms with E-state index in [1.807, 2.05) is 63.2 Å². The van der Waals surface area contributed by atoms with E-state index in [0.29, 0.717) is 33.7 Å². The Kier molecular flexibility index (Phi) is 5.03. The third-order valence-electron chi connectivity index (χ3n) is 5.29. The number of nitrogen functional groups attached to an aromatic ring is 1. The van der Waals surface area contributed by atoms with Crippen molar-refractivity contribution in [3.8, 4) is 11.4 Å². The van der Waals surface area contributed by atoms with Crippen LogP contribution in [0.25, 0.3) is 27.9 Å². The second kappa shape index (κ2) is 7.67. The number of para-hydroxylation sites is 2. The molecule has 0 aliphatic heterocycles. The van der Waals surface area contributed by atoms with Gasteiger partial charge in [0.15, 0.2) is 5.65 Å². The van der Waals surface area contributed by atoms with Crippen LogP contribution in [0.15, 0.2) is 42.5 Å². The molecular formula is C23H25N5O2. The fourth-order valence-electron chi connectivity index (χ4n) is 3.50. The smallest absolute Gasteiger partial charge is 0.257 e. The number of methoxy groups -OCH3 is 1. The molecule has 2 heterocycles. The lowest BCUT2D eigenvalue weighted by Crippen LogP contribution is -2.32. The molecule has 7 heteroatoms. The number of nitrogens with one attached hydrogen (secondary N) is 1. The molecular weight excluding hydrogens is 378 g/mol. The van der Waals surface area contributed by atoms with Gasteiger partial charge in [0.1, 0.15) is 22.6 Å². The van der Waals surface area contributed by atoms with E-state index in [4.69, 9.17) is 20.4 Å². The predicted octanol–water partition coefficient (Wildman–Crippen LogP) is 4.00. The van der Waals surface area contributed by atoms with Crippen LogP contribution in [0, 0.1) is 6.92 Å². The number of anilines is 1. The number of carbonyl (C=O) groups excluding carboxylic acids is 1. The number of benzene rings is 2. The number of amides is 1. The van der Waals surface area contributed by atoms with E-state index < -0.39 is 0 Å². The van der Waals surface area contributed by atoms with Gasteiger partial charge in [-0.1, -0.05) is 25.1 Å². The van der Waals surface area contributed by atoms with Gasteiger partial charge in [-0.05, 0) is 50.1 Å². The molecule has 1 atom stereocenters. The molecule has 0 aliphatic rings. The number of nitrogens with two attached hydrogens (primary N) is 1. The summed E-state index contributed by atoms with van der Waals surface area (Å²) in [6, 6.07) is 13.4. The predicted molar refractivity (Wildman–Crippen MR) is 119 cm³/mol. The molecule has 30 heavy (non-hydrogen) atoms. The third kappa shape index (κ3) is 3.22. The number of aryl methyl sites for hydroxylation is 1. The number of carbonyl (C=O) groups is 1. The topological polar surface area (TPSA) is 95.1 Å². The SMILES string of the molecule is CCC(C)NC(=O)c1c(N)n(-c2cc(C)ccc2OC)c2nc3ccccc3nc12. The zero-order chi connectivity index (χ0) is 21.4. The lowest BCUT2D eigenvalue weighted by molar-refractivity contribution is 0.0941. The minimum atomic E-state index is -0.262. The van der Waals surface area contributed by atoms with Crippen molar-refractivity contribution in [1.29, 1.82) is 0 Å². The Labute approximate surface area is 174 Å². The highest BCUT2D eigenvalue weighted by Crippen LogP contribution is 2.35. The molecule has 0 aliphatic carbocycles. The summed E-state index contributed by atoms with van der Waals surface area (Å²) >= 11 is 0. The molecule has 2 aromatic carbocycles. The molecule has 0 spiro atoms. The average Bonchev–Trinajstić information content (AvgIpc) is 3.02. The molecule has 7 nitrogen and oxygen atoms in total. The highest BCUT2D eigenvalue weighted by Gasteiger charge is 2.26. The summed E-state index contributed by atoms with van der Waals surface area (Å²) in [5.41, 5.74) is 11.1. The van der Waals surface area contributed by atoms with Crippen molar-refractivity contribution in [2.24, 2.45) is 0 Å². The second-order valence-electron chi connectivity index (χ2n) is 7.44. The van der Waals surface area contributed by atoms with Crippen molar-refractivity contribution in [3.63, 3.8) is 0 Å². The maximum atomic E-state index is 13.1. The van der Waals surface area contributed by atoms with Crippen LogP contribution in [0.1, 0.15) is 36.2 Å². The number of fused-ring (bicyclic) bond motifs is 2. The number of ether oxygens (including phenoxy) is 1. The fourth-order valence-corrected chi connectivity index (χ4v) is 3.50. The van der Waals surface area contributed by atoms with E-state index >= 15 is 0 Å². The zero-order valence-corrected chi connectivity index (χ0v) is 17.6. The lowest BCUT2D eigenvalue weighted by Gasteiger charge is -2.14. The van der Waals surface area contributed by atoms with Crippen molar-refractivity contribution >= 4 is 33.9 Å². The number of nitrogens with zero attached hydrogens (tertiary/aromatic N) is 3. The number of hydrogen-bond acceptors (Lipinski definition) is 5. The van der Waals surface area contributed by atoms with Gasteiger partial charge in [0.05, 0.1) is 23.8 Å². The van der Waals surface area contributed by atoms with Crippen LogP contribution >= 0.6 is 0 Å². The number of hydrogen-bond donors (Lipinski definition) is 2. The Morgan fingerprint density at radius 1 is 1.20 bits per heavy atom. The van der Waals surface area contributed by atoms with Crippen molar-refractivity contribution in [3.05, 3.63) is 53.6 Å². The van der Waals surface area contributed by atoms with Crippen LogP contribution in [0.2, 0.25) is 0 Å². The molecule has 4 aromatic rings. The van der Waals surface area contributed by atoms with Gasteiger partial charge in [-0.25, -0.2) is 9.97 Å². The Morgan fingerprint density at radius 3 is 2.57 bits per heavy atom. The van der Waals surface area contributed by atoms with Gasteiger partial charge >= 0.3 is 0 Å². The standard InChI is InChI=1S/C23H25N5O2/c1-5-14(3)25-23(29)19-20-22(27-16-9-7-6-8-15(16)26-20)28(21(19)24)17-12-13(2)10-11-18(17)30-4/h6-12,14H,5,24H2,1-4H3,(H,25,29). The molecule has 2 aromatic heterocycles. The first kappa shape index (κ1) is 19.7. The molecule has 0 bridgehead atoms. The van der Waals surface area contributed by atoms with Gasteiger partial charge in [-0.2, -0.15) is 0 Å². The Morgan fingerprint density at radius 2 is 1.90 bits per heavy atom. The Hall–Kier alpha value is -3.61. The molecule has 4 rings (SSSR count). The first-order valence-corrected chi connectivity index (χ1v) is 9.97. The Balaban J connectivity index is 2.08. The van der Waals surface area contributed by atoms with Crippen molar-refractivity contribution in [2.75, 3.05) is 12.8 Å². The highest BCUT2D eigenvalue weighted by atomic mass is 16.5. The van der Waals surface area contributed by atoms with E-state index in [2.05, 4.69) is 5.32 Å². The second-order valence-corrected chi connectivity index (χ2v) is 7.44. The first-order valence-electron chi connectivity index (χ1n) is 9.97. The van der Waals surface area contributed by atoms with Crippen LogP contribution in [0.4, 0.5) is 5.82 Å². The summed E-state index contributed by atoms with van der Waals surface area (Å²) in [4.78, 5) is 22.7. The highest BCUT2D eigenvalue weighted by molar-refractivity contribution is 6.11. The monoisotopic (exact) mass is 403 g/mol. The first-order chi connectivity index (χ1) is 14.4. The van der Waals surface area contributed by atoms with E-state index in [-0.39, 0.29) is 17.8 Å². The van der Waals surface area contributed by atoms with Crippen LogP contribution in [-0.4, -0.2) is 33.6 Å². The van der Waals surface area contributed by atoms with E-state index in [9.17, 15) is 4.79 Å². The van der Waals surface area contributed by atoms with Crippen LogP contribution in [-0.2, 0) is 0 Å². The molecule has 1 unspecified atom stereocenters. The van der Waals surface area contributed by atoms with Gasteiger partial charge < -0.3 is 15.8 Å². The third-order valence-corrected chi connectivity index (χ3v) is 5.29. The summed E-state index contributed by atoms with van der Waals surface area (Å²) in [5.74, 6) is 0.653. The number of rotatable bonds is 5. The summed E-state index contributed by atoms with van der Waals surface area (Å²) in [6.07, 6.45) is 0.810. The number of aromatic nitrogens is 3. The van der Waals surface area contributed by atoms with E-state index in [1.165, 1.54) is 0 Å². The van der Waals surface area contributed by atoms with Crippen LogP contribution < -0.4 is 15.8 Å². The largest absolute Gasteiger partial charge is 0.495 e. The van der Waals surface area contributed by atoms with E-state index in [1.54, 1.807) is 11.7 Å². The molecule has 0 saturated heterocycles. The van der Waals surface area contributed by atoms with Crippen molar-refractivity contribution in [2.45, 2.75) is 33.2 Å². The van der Waals surface area contributed by atoms with Gasteiger partial charge in [-0.15, -0.1) is 0 Å². The Bertz CT molecular complexity index is 1260. The maximum absolute atomic E-state index is 13.1.